The molecule has 11 nitrogen and oxygen atoms in total. The lowest BCUT2D eigenvalue weighted by atomic mass is 9.85. The van der Waals surface area contributed by atoms with Crippen molar-refractivity contribution in [3.63, 3.8) is 0 Å². The van der Waals surface area contributed by atoms with Crippen molar-refractivity contribution in [2.75, 3.05) is 6.54 Å². The van der Waals surface area contributed by atoms with Crippen LogP contribution in [0.25, 0.3) is 10.1 Å². The second-order valence-electron chi connectivity index (χ2n) is 14.1. The highest BCUT2D eigenvalue weighted by Gasteiger charge is 2.65. The van der Waals surface area contributed by atoms with Gasteiger partial charge in [-0.25, -0.2) is 4.39 Å². The minimum Gasteiger partial charge on any atom is -0.340 e. The maximum Gasteiger partial charge on any atom is 0.363 e. The monoisotopic (exact) mass is 691 g/mol. The van der Waals surface area contributed by atoms with Crippen LogP contribution < -0.4 is 5.32 Å². The maximum absolute atomic E-state index is 14.5. The van der Waals surface area contributed by atoms with Crippen LogP contribution in [0.15, 0.2) is 48.8 Å². The summed E-state index contributed by atoms with van der Waals surface area (Å²) in [6.07, 6.45) is 8.51. The number of fused-ring (bicyclic) bond motifs is 3. The number of rotatable bonds is 6. The zero-order valence-corrected chi connectivity index (χ0v) is 27.7. The Morgan fingerprint density at radius 1 is 1.15 bits per heavy atom. The van der Waals surface area contributed by atoms with E-state index in [4.69, 9.17) is 0 Å². The Morgan fingerprint density at radius 2 is 1.94 bits per heavy atom. The lowest BCUT2D eigenvalue weighted by Crippen LogP contribution is -2.58. The van der Waals surface area contributed by atoms with E-state index in [0.29, 0.717) is 52.6 Å². The highest BCUT2D eigenvalue weighted by molar-refractivity contribution is 7.51. The van der Waals surface area contributed by atoms with E-state index < -0.39 is 37.0 Å². The quantitative estimate of drug-likeness (QED) is 0.315. The van der Waals surface area contributed by atoms with Crippen LogP contribution >= 0.6 is 18.9 Å². The Balaban J connectivity index is 1.04. The molecule has 1 unspecified atom stereocenters. The average Bonchev–Trinajstić information content (AvgIpc) is 3.85. The van der Waals surface area contributed by atoms with Crippen molar-refractivity contribution in [3.05, 3.63) is 64.8 Å². The van der Waals surface area contributed by atoms with E-state index in [-0.39, 0.29) is 35.3 Å². The fourth-order valence-electron chi connectivity index (χ4n) is 8.70. The first kappa shape index (κ1) is 31.6. The summed E-state index contributed by atoms with van der Waals surface area (Å²) in [5.74, 6) is -3.06. The van der Waals surface area contributed by atoms with Gasteiger partial charge in [-0.3, -0.25) is 23.9 Å². The van der Waals surface area contributed by atoms with E-state index in [2.05, 4.69) is 16.4 Å². The summed E-state index contributed by atoms with van der Waals surface area (Å²) in [7, 11) is -4.99. The second kappa shape index (κ2) is 11.4. The molecule has 3 amide bonds. The Hall–Kier alpha value is -3.69. The number of halogens is 1. The maximum atomic E-state index is 14.5. The average molecular weight is 692 g/mol. The zero-order chi connectivity index (χ0) is 33.5. The predicted molar refractivity (Wildman–Crippen MR) is 173 cm³/mol. The number of hydrogen-bond acceptors (Lipinski definition) is 7. The molecule has 0 bridgehead atoms. The summed E-state index contributed by atoms with van der Waals surface area (Å²) in [5.41, 5.74) is 0.230. The number of pyridine rings is 1. The van der Waals surface area contributed by atoms with Gasteiger partial charge in [-0.2, -0.15) is 5.26 Å². The van der Waals surface area contributed by atoms with Crippen molar-refractivity contribution >= 4 is 46.7 Å². The number of carbonyl (C=O) groups is 3. The van der Waals surface area contributed by atoms with Gasteiger partial charge in [-0.05, 0) is 97.6 Å². The van der Waals surface area contributed by atoms with Crippen LogP contribution in [0.2, 0.25) is 0 Å². The molecule has 2 aliphatic carbocycles. The third kappa shape index (κ3) is 5.25. The molecule has 3 aliphatic heterocycles. The standard InChI is InChI=1S/C34H35FN5O6PS/c35-30(47(44,45)46)18-3-6-28-22(10-18)14-29(48-28)31(41)38-26-13-21-11-20(21)12-23-4-5-27(40(23)32(26)42)33(43)39-17-24(19-2-1-9-37-16-19)25(15-36)34(39)7-8-34/h1-3,6,9-10,14,16,20-21,23-27,30H,4-5,7-8,11-13,17H2,(H,38,41)(H2,44,45,46)/t20-,21+,23-,24-,25-,26?,27+,30-/m1/s1. The third-order valence-corrected chi connectivity index (χ3v) is 13.3. The molecule has 5 aliphatic rings. The van der Waals surface area contributed by atoms with Crippen LogP contribution in [0.4, 0.5) is 4.39 Å². The normalized spacial score (nSPS) is 31.0. The molecule has 8 atom stereocenters. The highest BCUT2D eigenvalue weighted by Crippen LogP contribution is 2.58. The third-order valence-electron chi connectivity index (χ3n) is 11.3. The van der Waals surface area contributed by atoms with Crippen molar-refractivity contribution in [1.82, 2.24) is 20.1 Å². The second-order valence-corrected chi connectivity index (χ2v) is 16.8. The van der Waals surface area contributed by atoms with Gasteiger partial charge in [0.25, 0.3) is 5.91 Å². The summed E-state index contributed by atoms with van der Waals surface area (Å²) in [6, 6.07) is 10.4. The molecular formula is C34H35FN5O6PS. The first-order valence-electron chi connectivity index (χ1n) is 16.5. The number of aromatic nitrogens is 1. The van der Waals surface area contributed by atoms with E-state index in [0.717, 1.165) is 42.6 Å². The van der Waals surface area contributed by atoms with Crippen LogP contribution in [0.3, 0.4) is 0 Å². The van der Waals surface area contributed by atoms with Gasteiger partial charge in [0.15, 0.2) is 0 Å². The van der Waals surface area contributed by atoms with Gasteiger partial charge in [0.1, 0.15) is 12.1 Å². The number of nitrogens with zero attached hydrogens (tertiary/aromatic N) is 4. The minimum absolute atomic E-state index is 0.0924. The number of hydrogen-bond donors (Lipinski definition) is 3. The van der Waals surface area contributed by atoms with Crippen molar-refractivity contribution in [2.24, 2.45) is 17.8 Å². The van der Waals surface area contributed by atoms with Gasteiger partial charge >= 0.3 is 7.60 Å². The van der Waals surface area contributed by atoms with Crippen LogP contribution in [0, 0.1) is 29.1 Å². The summed E-state index contributed by atoms with van der Waals surface area (Å²) < 4.78 is 26.4. The minimum atomic E-state index is -4.99. The van der Waals surface area contributed by atoms with Crippen LogP contribution in [0.1, 0.15) is 77.6 Å². The molecule has 8 rings (SSSR count). The Morgan fingerprint density at radius 3 is 2.65 bits per heavy atom. The summed E-state index contributed by atoms with van der Waals surface area (Å²) >= 11 is 1.15. The molecule has 3 saturated heterocycles. The fourth-order valence-corrected chi connectivity index (χ4v) is 10.2. The summed E-state index contributed by atoms with van der Waals surface area (Å²) in [4.78, 5) is 69.1. The molecular weight excluding hydrogens is 656 g/mol. The molecule has 2 aromatic heterocycles. The highest BCUT2D eigenvalue weighted by atomic mass is 32.1. The Bertz CT molecular complexity index is 1910. The number of nitrogens with one attached hydrogen (secondary N) is 1. The zero-order valence-electron chi connectivity index (χ0n) is 25.9. The van der Waals surface area contributed by atoms with Crippen LogP contribution in [0.5, 0.6) is 0 Å². The topological polar surface area (TPSA) is 164 Å². The molecule has 3 aromatic rings. The van der Waals surface area contributed by atoms with E-state index >= 15 is 0 Å². The number of carbonyl (C=O) groups excluding carboxylic acids is 3. The molecule has 2 saturated carbocycles. The van der Waals surface area contributed by atoms with Gasteiger partial charge in [0.2, 0.25) is 17.7 Å². The Labute approximate surface area is 280 Å². The molecule has 5 fully saturated rings. The summed E-state index contributed by atoms with van der Waals surface area (Å²) in [5, 5.41) is 13.7. The van der Waals surface area contributed by atoms with Crippen molar-refractivity contribution in [1.29, 1.82) is 5.26 Å². The predicted octanol–water partition coefficient (Wildman–Crippen LogP) is 4.63. The van der Waals surface area contributed by atoms with Gasteiger partial charge < -0.3 is 24.9 Å². The van der Waals surface area contributed by atoms with E-state index in [1.807, 2.05) is 17.0 Å². The van der Waals surface area contributed by atoms with E-state index in [9.17, 15) is 38.4 Å². The molecule has 48 heavy (non-hydrogen) atoms. The molecule has 1 spiro atoms. The van der Waals surface area contributed by atoms with Crippen LogP contribution in [-0.4, -0.2) is 72.5 Å². The number of likely N-dealkylation sites (tertiary alicyclic amines) is 1. The Kier molecular flexibility index (Phi) is 7.53. The molecule has 3 N–H and O–H groups in total. The van der Waals surface area contributed by atoms with Crippen LogP contribution in [-0.2, 0) is 14.2 Å². The number of thiophene rings is 1. The molecule has 14 heteroatoms. The first-order chi connectivity index (χ1) is 23.0. The van der Waals surface area contributed by atoms with E-state index in [1.165, 1.54) is 24.3 Å². The van der Waals surface area contributed by atoms with Crippen molar-refractivity contribution < 1.29 is 33.1 Å². The van der Waals surface area contributed by atoms with Gasteiger partial charge in [0.05, 0.1) is 22.4 Å². The van der Waals surface area contributed by atoms with Gasteiger partial charge in [-0.1, -0.05) is 12.1 Å². The largest absolute Gasteiger partial charge is 0.363 e. The molecule has 0 radical (unpaired) electrons. The first-order valence-corrected chi connectivity index (χ1v) is 18.9. The number of nitriles is 1. The van der Waals surface area contributed by atoms with E-state index in [1.54, 1.807) is 17.3 Å². The molecule has 250 valence electrons. The van der Waals surface area contributed by atoms with Gasteiger partial charge in [-0.15, -0.1) is 11.3 Å². The number of amides is 3. The van der Waals surface area contributed by atoms with Crippen molar-refractivity contribution in [3.8, 4) is 6.07 Å². The van der Waals surface area contributed by atoms with Crippen molar-refractivity contribution in [2.45, 2.75) is 80.4 Å². The molecule has 1 aromatic carbocycles. The lowest BCUT2D eigenvalue weighted by molar-refractivity contribution is -0.148. The number of alkyl halides is 1. The molecule has 5 heterocycles. The SMILES string of the molecule is N#C[C@@H]1[C@@H](c2cccnc2)CN(C(=O)[C@@H]2CC[C@@H]3C[C@H]4C[C@H]4CC(NC(=O)c4cc5cc([C@H](F)P(=O)(O)O)ccc5s4)C(=O)N32)C12CC2. The number of benzene rings is 1. The van der Waals surface area contributed by atoms with Gasteiger partial charge in [0, 0.05) is 35.6 Å². The lowest BCUT2D eigenvalue weighted by Gasteiger charge is -2.37. The fraction of sp³-hybridized carbons (Fsp3) is 0.500. The smallest absolute Gasteiger partial charge is 0.340 e. The summed E-state index contributed by atoms with van der Waals surface area (Å²) in [6.45, 7) is 0.405.